The zero-order valence-electron chi connectivity index (χ0n) is 14.1. The molecular formula is C18H21BrO5. The van der Waals surface area contributed by atoms with E-state index in [2.05, 4.69) is 27.8 Å². The van der Waals surface area contributed by atoms with Crippen molar-refractivity contribution in [2.45, 2.75) is 45.6 Å². The van der Waals surface area contributed by atoms with Gasteiger partial charge in [0.2, 0.25) is 0 Å². The van der Waals surface area contributed by atoms with Crippen molar-refractivity contribution in [3.8, 4) is 23.3 Å². The summed E-state index contributed by atoms with van der Waals surface area (Å²) in [5, 5.41) is 0. The molecule has 0 spiro atoms. The van der Waals surface area contributed by atoms with E-state index in [9.17, 15) is 9.59 Å². The Morgan fingerprint density at radius 1 is 1.21 bits per heavy atom. The Bertz CT molecular complexity index is 630. The molecule has 1 atom stereocenters. The van der Waals surface area contributed by atoms with Crippen LogP contribution in [0.5, 0.6) is 11.5 Å². The van der Waals surface area contributed by atoms with Crippen LogP contribution in [-0.4, -0.2) is 25.2 Å². The maximum absolute atomic E-state index is 11.9. The summed E-state index contributed by atoms with van der Waals surface area (Å²) in [7, 11) is 1.50. The molecule has 130 valence electrons. The van der Waals surface area contributed by atoms with Gasteiger partial charge >= 0.3 is 11.9 Å². The van der Waals surface area contributed by atoms with Crippen molar-refractivity contribution in [2.75, 3.05) is 7.11 Å². The molecule has 0 amide bonds. The van der Waals surface area contributed by atoms with Crippen LogP contribution in [0.2, 0.25) is 0 Å². The van der Waals surface area contributed by atoms with E-state index in [1.807, 2.05) is 6.92 Å². The number of benzene rings is 1. The van der Waals surface area contributed by atoms with Crippen molar-refractivity contribution >= 4 is 27.9 Å². The molecule has 0 aliphatic rings. The molecule has 0 N–H and O–H groups in total. The lowest BCUT2D eigenvalue weighted by molar-refractivity contribution is -0.146. The maximum atomic E-state index is 11.9. The second-order valence-corrected chi connectivity index (χ2v) is 5.82. The van der Waals surface area contributed by atoms with Crippen LogP contribution >= 0.6 is 15.9 Å². The van der Waals surface area contributed by atoms with Gasteiger partial charge in [0.15, 0.2) is 17.6 Å². The molecule has 1 unspecified atom stereocenters. The van der Waals surface area contributed by atoms with Crippen LogP contribution in [-0.2, 0) is 14.3 Å². The fourth-order valence-electron chi connectivity index (χ4n) is 1.87. The van der Waals surface area contributed by atoms with Crippen molar-refractivity contribution in [2.24, 2.45) is 0 Å². The third-order valence-electron chi connectivity index (χ3n) is 3.06. The van der Waals surface area contributed by atoms with E-state index in [4.69, 9.17) is 14.2 Å². The molecule has 0 saturated heterocycles. The van der Waals surface area contributed by atoms with E-state index >= 15 is 0 Å². The second kappa shape index (κ2) is 10.7. The van der Waals surface area contributed by atoms with Crippen molar-refractivity contribution < 1.29 is 23.8 Å². The van der Waals surface area contributed by atoms with Crippen LogP contribution in [0.25, 0.3) is 0 Å². The standard InChI is InChI=1S/C18H21BrO5/c1-4-7-14(5-2)23-17(20)8-6-9-18(21)24-15-11-10-13(19)12-16(15)22-3/h10-12,14H,5-6,8-9H2,1-3H3. The quantitative estimate of drug-likeness (QED) is 0.379. The monoisotopic (exact) mass is 396 g/mol. The Balaban J connectivity index is 2.41. The molecule has 0 fully saturated rings. The van der Waals surface area contributed by atoms with Gasteiger partial charge in [-0.05, 0) is 38.0 Å². The van der Waals surface area contributed by atoms with Crippen LogP contribution < -0.4 is 9.47 Å². The third kappa shape index (κ3) is 7.05. The zero-order valence-corrected chi connectivity index (χ0v) is 15.6. The van der Waals surface area contributed by atoms with Crippen LogP contribution in [0, 0.1) is 11.8 Å². The van der Waals surface area contributed by atoms with E-state index in [0.717, 1.165) is 4.47 Å². The average Bonchev–Trinajstić information content (AvgIpc) is 2.56. The predicted molar refractivity (Wildman–Crippen MR) is 93.8 cm³/mol. The van der Waals surface area contributed by atoms with Crippen LogP contribution in [0.3, 0.4) is 0 Å². The largest absolute Gasteiger partial charge is 0.493 e. The number of methoxy groups -OCH3 is 1. The second-order valence-electron chi connectivity index (χ2n) is 4.90. The fourth-order valence-corrected chi connectivity index (χ4v) is 2.21. The molecule has 6 heteroatoms. The predicted octanol–water partition coefficient (Wildman–Crippen LogP) is 3.88. The van der Waals surface area contributed by atoms with Gasteiger partial charge in [-0.2, -0.15) is 0 Å². The van der Waals surface area contributed by atoms with Gasteiger partial charge in [-0.15, -0.1) is 5.92 Å². The highest BCUT2D eigenvalue weighted by Crippen LogP contribution is 2.30. The highest BCUT2D eigenvalue weighted by molar-refractivity contribution is 9.10. The molecule has 0 radical (unpaired) electrons. The van der Waals surface area contributed by atoms with E-state index in [0.29, 0.717) is 24.3 Å². The number of carbonyl (C=O) groups excluding carboxylic acids is 2. The summed E-state index contributed by atoms with van der Waals surface area (Å²) in [4.78, 5) is 23.6. The van der Waals surface area contributed by atoms with E-state index in [-0.39, 0.29) is 24.9 Å². The number of halogens is 1. The number of carbonyl (C=O) groups is 2. The molecule has 0 aliphatic carbocycles. The van der Waals surface area contributed by atoms with Gasteiger partial charge < -0.3 is 14.2 Å². The Morgan fingerprint density at radius 3 is 2.54 bits per heavy atom. The molecule has 1 aromatic rings. The molecule has 0 heterocycles. The molecule has 1 aromatic carbocycles. The average molecular weight is 397 g/mol. The SMILES string of the molecule is CC#CC(CC)OC(=O)CCCC(=O)Oc1ccc(Br)cc1OC. The van der Waals surface area contributed by atoms with Crippen molar-refractivity contribution in [1.29, 1.82) is 0 Å². The highest BCUT2D eigenvalue weighted by Gasteiger charge is 2.13. The first kappa shape index (κ1) is 20.0. The summed E-state index contributed by atoms with van der Waals surface area (Å²) in [5.74, 6) is 5.55. The van der Waals surface area contributed by atoms with Crippen molar-refractivity contribution in [3.05, 3.63) is 22.7 Å². The Kier molecular flexibility index (Phi) is 8.95. The van der Waals surface area contributed by atoms with Crippen molar-refractivity contribution in [3.63, 3.8) is 0 Å². The van der Waals surface area contributed by atoms with Gasteiger partial charge in [0.05, 0.1) is 7.11 Å². The molecule has 5 nitrogen and oxygen atoms in total. The number of rotatable bonds is 8. The van der Waals surface area contributed by atoms with Crippen LogP contribution in [0.15, 0.2) is 22.7 Å². The Morgan fingerprint density at radius 2 is 1.92 bits per heavy atom. The van der Waals surface area contributed by atoms with Gasteiger partial charge in [-0.25, -0.2) is 0 Å². The zero-order chi connectivity index (χ0) is 17.9. The molecule has 0 aliphatic heterocycles. The third-order valence-corrected chi connectivity index (χ3v) is 3.55. The van der Waals surface area contributed by atoms with E-state index < -0.39 is 5.97 Å². The van der Waals surface area contributed by atoms with Gasteiger partial charge in [0, 0.05) is 17.3 Å². The number of ether oxygens (including phenoxy) is 3. The molecule has 1 rings (SSSR count). The lowest BCUT2D eigenvalue weighted by Gasteiger charge is -2.11. The summed E-state index contributed by atoms with van der Waals surface area (Å²) in [6, 6.07) is 5.10. The minimum Gasteiger partial charge on any atom is -0.493 e. The molecule has 0 saturated carbocycles. The van der Waals surface area contributed by atoms with Crippen molar-refractivity contribution in [1.82, 2.24) is 0 Å². The van der Waals surface area contributed by atoms with Gasteiger partial charge in [-0.3, -0.25) is 9.59 Å². The minimum atomic E-state index is -0.427. The Hall–Kier alpha value is -2.00. The number of hydrogen-bond donors (Lipinski definition) is 0. The van der Waals surface area contributed by atoms with Gasteiger partial charge in [-0.1, -0.05) is 28.8 Å². The van der Waals surface area contributed by atoms with Crippen LogP contribution in [0.1, 0.15) is 39.5 Å². The maximum Gasteiger partial charge on any atom is 0.311 e. The number of hydrogen-bond acceptors (Lipinski definition) is 5. The summed E-state index contributed by atoms with van der Waals surface area (Å²) in [6.45, 7) is 3.59. The van der Waals surface area contributed by atoms with E-state index in [1.54, 1.807) is 25.1 Å². The summed E-state index contributed by atoms with van der Waals surface area (Å²) < 4.78 is 16.4. The lowest BCUT2D eigenvalue weighted by atomic mass is 10.2. The normalized spacial score (nSPS) is 11.0. The van der Waals surface area contributed by atoms with Crippen LogP contribution in [0.4, 0.5) is 0 Å². The number of esters is 2. The molecular weight excluding hydrogens is 376 g/mol. The first-order valence-electron chi connectivity index (χ1n) is 7.66. The molecule has 0 bridgehead atoms. The first-order chi connectivity index (χ1) is 11.5. The summed E-state index contributed by atoms with van der Waals surface area (Å²) in [5.41, 5.74) is 0. The molecule has 24 heavy (non-hydrogen) atoms. The summed E-state index contributed by atoms with van der Waals surface area (Å²) >= 11 is 3.32. The smallest absolute Gasteiger partial charge is 0.311 e. The lowest BCUT2D eigenvalue weighted by Crippen LogP contribution is -2.16. The van der Waals surface area contributed by atoms with Gasteiger partial charge in [0.25, 0.3) is 0 Å². The van der Waals surface area contributed by atoms with E-state index in [1.165, 1.54) is 7.11 Å². The first-order valence-corrected chi connectivity index (χ1v) is 8.45. The topological polar surface area (TPSA) is 61.8 Å². The highest BCUT2D eigenvalue weighted by atomic mass is 79.9. The Labute approximate surface area is 150 Å². The van der Waals surface area contributed by atoms with Gasteiger partial charge in [0.1, 0.15) is 0 Å². The molecule has 0 aromatic heterocycles. The summed E-state index contributed by atoms with van der Waals surface area (Å²) in [6.07, 6.45) is 0.866. The minimum absolute atomic E-state index is 0.116. The fraction of sp³-hybridized carbons (Fsp3) is 0.444.